The van der Waals surface area contributed by atoms with Crippen LogP contribution in [0.15, 0.2) is 25.3 Å². The maximum absolute atomic E-state index is 11.1. The summed E-state index contributed by atoms with van der Waals surface area (Å²) in [5.41, 5.74) is 0. The summed E-state index contributed by atoms with van der Waals surface area (Å²) < 4.78 is 5.74. The number of rotatable bonds is 10. The SMILES string of the molecule is C=CC(=O)CPC[N+](C)(C)CCCOC(=O)C=C. The van der Waals surface area contributed by atoms with E-state index < -0.39 is 0 Å². The first-order chi connectivity index (χ1) is 8.41. The molecule has 18 heavy (non-hydrogen) atoms. The van der Waals surface area contributed by atoms with Gasteiger partial charge in [-0.05, 0) is 6.08 Å². The number of carbonyl (C=O) groups is 2. The Hall–Kier alpha value is -0.990. The smallest absolute Gasteiger partial charge is 0.330 e. The highest BCUT2D eigenvalue weighted by molar-refractivity contribution is 7.39. The van der Waals surface area contributed by atoms with E-state index in [2.05, 4.69) is 27.3 Å². The van der Waals surface area contributed by atoms with Gasteiger partial charge in [0.15, 0.2) is 5.78 Å². The van der Waals surface area contributed by atoms with Gasteiger partial charge in [-0.25, -0.2) is 4.79 Å². The number of ketones is 1. The maximum atomic E-state index is 11.1. The van der Waals surface area contributed by atoms with Gasteiger partial charge in [0, 0.05) is 18.7 Å². The summed E-state index contributed by atoms with van der Waals surface area (Å²) in [6, 6.07) is 0. The van der Waals surface area contributed by atoms with E-state index in [1.807, 2.05) is 0 Å². The molecule has 0 N–H and O–H groups in total. The third-order valence-corrected chi connectivity index (χ3v) is 4.06. The van der Waals surface area contributed by atoms with Crippen molar-refractivity contribution in [1.82, 2.24) is 0 Å². The molecule has 0 amide bonds. The number of allylic oxidation sites excluding steroid dienone is 1. The molecule has 0 fully saturated rings. The zero-order valence-corrected chi connectivity index (χ0v) is 12.3. The van der Waals surface area contributed by atoms with Gasteiger partial charge in [0.1, 0.15) is 0 Å². The summed E-state index contributed by atoms with van der Waals surface area (Å²) in [4.78, 5) is 21.9. The normalized spacial score (nSPS) is 11.4. The number of hydrogen-bond donors (Lipinski definition) is 0. The molecule has 5 heteroatoms. The molecule has 0 radical (unpaired) electrons. The second-order valence-electron chi connectivity index (χ2n) is 4.64. The van der Waals surface area contributed by atoms with Crippen LogP contribution in [0.5, 0.6) is 0 Å². The van der Waals surface area contributed by atoms with Crippen molar-refractivity contribution in [2.45, 2.75) is 6.42 Å². The second kappa shape index (κ2) is 9.01. The van der Waals surface area contributed by atoms with Crippen LogP contribution in [0.4, 0.5) is 0 Å². The highest BCUT2D eigenvalue weighted by Gasteiger charge is 2.14. The quantitative estimate of drug-likeness (QED) is 0.199. The molecule has 0 aliphatic carbocycles. The van der Waals surface area contributed by atoms with Gasteiger partial charge in [-0.15, -0.1) is 0 Å². The molecule has 0 saturated heterocycles. The lowest BCUT2D eigenvalue weighted by Gasteiger charge is -2.29. The molecular formula is C13H23NO3P+. The molecule has 4 nitrogen and oxygen atoms in total. The number of esters is 1. The fourth-order valence-electron chi connectivity index (χ4n) is 1.36. The Morgan fingerprint density at radius 2 is 1.94 bits per heavy atom. The van der Waals surface area contributed by atoms with E-state index in [1.54, 1.807) is 0 Å². The van der Waals surface area contributed by atoms with Gasteiger partial charge in [0.25, 0.3) is 0 Å². The maximum Gasteiger partial charge on any atom is 0.330 e. The van der Waals surface area contributed by atoms with Gasteiger partial charge in [-0.2, -0.15) is 0 Å². The van der Waals surface area contributed by atoms with Crippen LogP contribution in [0.3, 0.4) is 0 Å². The van der Waals surface area contributed by atoms with Gasteiger partial charge in [-0.3, -0.25) is 4.79 Å². The Balaban J connectivity index is 3.72. The van der Waals surface area contributed by atoms with Crippen molar-refractivity contribution >= 4 is 20.3 Å². The summed E-state index contributed by atoms with van der Waals surface area (Å²) in [5, 5.41) is 0. The van der Waals surface area contributed by atoms with Crippen molar-refractivity contribution in [3.8, 4) is 0 Å². The number of carbonyl (C=O) groups excluding carboxylic acids is 2. The van der Waals surface area contributed by atoms with Gasteiger partial charge in [0.05, 0.1) is 33.5 Å². The molecular weight excluding hydrogens is 249 g/mol. The Bertz CT molecular complexity index is 313. The first kappa shape index (κ1) is 17.0. The molecule has 0 saturated carbocycles. The Kier molecular flexibility index (Phi) is 8.51. The average molecular weight is 272 g/mol. The van der Waals surface area contributed by atoms with Crippen LogP contribution in [0.2, 0.25) is 0 Å². The van der Waals surface area contributed by atoms with Crippen molar-refractivity contribution in [3.63, 3.8) is 0 Å². The first-order valence-corrected chi connectivity index (χ1v) is 7.30. The third kappa shape index (κ3) is 9.08. The standard InChI is InChI=1S/C13H23NO3P/c1-5-12(15)10-18-11-14(3,4)8-7-9-17-13(16)6-2/h5-6,18H,1-2,7-11H2,3-4H3/q+1. The summed E-state index contributed by atoms with van der Waals surface area (Å²) >= 11 is 0. The van der Waals surface area contributed by atoms with Crippen molar-refractivity contribution in [2.75, 3.05) is 39.7 Å². The molecule has 1 unspecified atom stereocenters. The second-order valence-corrected chi connectivity index (χ2v) is 5.81. The summed E-state index contributed by atoms with van der Waals surface area (Å²) in [7, 11) is 4.83. The van der Waals surface area contributed by atoms with E-state index in [-0.39, 0.29) is 11.8 Å². The summed E-state index contributed by atoms with van der Waals surface area (Å²) in [6.45, 7) is 8.12. The Labute approximate surface area is 111 Å². The lowest BCUT2D eigenvalue weighted by molar-refractivity contribution is -0.878. The molecule has 0 bridgehead atoms. The van der Waals surface area contributed by atoms with E-state index in [4.69, 9.17) is 4.74 Å². The predicted octanol–water partition coefficient (Wildman–Crippen LogP) is 1.57. The van der Waals surface area contributed by atoms with Crippen LogP contribution in [0.25, 0.3) is 0 Å². The molecule has 0 aliphatic rings. The van der Waals surface area contributed by atoms with Crippen LogP contribution in [-0.2, 0) is 14.3 Å². The highest BCUT2D eigenvalue weighted by atomic mass is 31.1. The van der Waals surface area contributed by atoms with Gasteiger partial charge >= 0.3 is 5.97 Å². The molecule has 0 aromatic heterocycles. The van der Waals surface area contributed by atoms with E-state index >= 15 is 0 Å². The van der Waals surface area contributed by atoms with Crippen molar-refractivity contribution < 1.29 is 18.8 Å². The highest BCUT2D eigenvalue weighted by Crippen LogP contribution is 2.16. The number of nitrogens with zero attached hydrogens (tertiary/aromatic N) is 1. The molecule has 0 aliphatic heterocycles. The monoisotopic (exact) mass is 272 g/mol. The van der Waals surface area contributed by atoms with Gasteiger partial charge in [0.2, 0.25) is 0 Å². The molecule has 0 spiro atoms. The minimum Gasteiger partial charge on any atom is -0.462 e. The molecule has 102 valence electrons. The largest absolute Gasteiger partial charge is 0.462 e. The zero-order chi connectivity index (χ0) is 14.0. The first-order valence-electron chi connectivity index (χ1n) is 5.88. The minimum atomic E-state index is -0.376. The van der Waals surface area contributed by atoms with Crippen molar-refractivity contribution in [3.05, 3.63) is 25.3 Å². The van der Waals surface area contributed by atoms with Crippen LogP contribution in [0.1, 0.15) is 6.42 Å². The predicted molar refractivity (Wildman–Crippen MR) is 76.0 cm³/mol. The number of quaternary nitrogens is 1. The lowest BCUT2D eigenvalue weighted by Crippen LogP contribution is -2.40. The molecule has 0 rings (SSSR count). The van der Waals surface area contributed by atoms with Crippen LogP contribution in [-0.4, -0.2) is 55.9 Å². The van der Waals surface area contributed by atoms with Crippen molar-refractivity contribution in [1.29, 1.82) is 0 Å². The minimum absolute atomic E-state index is 0.105. The summed E-state index contributed by atoms with van der Waals surface area (Å²) in [6.07, 6.45) is 4.89. The molecule has 0 aromatic carbocycles. The molecule has 1 atom stereocenters. The van der Waals surface area contributed by atoms with Crippen LogP contribution in [0, 0.1) is 0 Å². The van der Waals surface area contributed by atoms with Gasteiger partial charge in [-0.1, -0.05) is 21.7 Å². The average Bonchev–Trinajstić information content (AvgIpc) is 2.33. The van der Waals surface area contributed by atoms with E-state index in [1.165, 1.54) is 12.2 Å². The Morgan fingerprint density at radius 3 is 2.50 bits per heavy atom. The molecule has 0 heterocycles. The van der Waals surface area contributed by atoms with Crippen LogP contribution < -0.4 is 0 Å². The fourth-order valence-corrected chi connectivity index (χ4v) is 2.62. The molecule has 0 aromatic rings. The third-order valence-electron chi connectivity index (χ3n) is 2.39. The van der Waals surface area contributed by atoms with E-state index in [9.17, 15) is 9.59 Å². The topological polar surface area (TPSA) is 43.4 Å². The van der Waals surface area contributed by atoms with E-state index in [0.29, 0.717) is 21.3 Å². The fraction of sp³-hybridized carbons (Fsp3) is 0.538. The number of ether oxygens (including phenoxy) is 1. The Morgan fingerprint density at radius 1 is 1.28 bits per heavy atom. The number of hydrogen-bond acceptors (Lipinski definition) is 3. The van der Waals surface area contributed by atoms with E-state index in [0.717, 1.165) is 23.7 Å². The zero-order valence-electron chi connectivity index (χ0n) is 11.3. The lowest BCUT2D eigenvalue weighted by atomic mass is 10.4. The van der Waals surface area contributed by atoms with Crippen LogP contribution >= 0.6 is 8.58 Å². The van der Waals surface area contributed by atoms with Crippen molar-refractivity contribution in [2.24, 2.45) is 0 Å². The summed E-state index contributed by atoms with van der Waals surface area (Å²) in [5.74, 6) is -0.271. The van der Waals surface area contributed by atoms with Gasteiger partial charge < -0.3 is 9.22 Å².